The molecule has 2 fully saturated rings. The number of hydrogen-bond donors (Lipinski definition) is 0. The number of fused-ring (bicyclic) bond motifs is 1. The molecule has 2 aromatic heterocycles. The molecule has 0 unspecified atom stereocenters. The van der Waals surface area contributed by atoms with Crippen LogP contribution in [0.5, 0.6) is 0 Å². The lowest BCUT2D eigenvalue weighted by atomic mass is 10.0. The van der Waals surface area contributed by atoms with E-state index in [2.05, 4.69) is 10.1 Å². The van der Waals surface area contributed by atoms with Crippen LogP contribution < -0.4 is 0 Å². The molecule has 166 valence electrons. The molecule has 0 bridgehead atoms. The molecule has 1 saturated heterocycles. The number of nitrogens with zero attached hydrogens (tertiary/aromatic N) is 4. The van der Waals surface area contributed by atoms with Crippen LogP contribution in [0.25, 0.3) is 11.1 Å². The molecule has 3 heterocycles. The predicted octanol–water partition coefficient (Wildman–Crippen LogP) is 4.21. The first kappa shape index (κ1) is 20.7. The Bertz CT molecular complexity index is 1150. The Hall–Kier alpha value is -3.22. The standard InChI is InChI=1S/C25H28N4O3/c1-16(2)22-21-19(15-20(17-9-10-17)26-23(21)32-27-22)25(31)29-12-6-11-28(13-14-29)24(30)18-7-4-3-5-8-18/h3-5,7-8,15-17H,6,9-14H2,1-2H3. The Balaban J connectivity index is 1.41. The number of carbonyl (C=O) groups excluding carboxylic acids is 2. The second-order valence-electron chi connectivity index (χ2n) is 9.08. The second kappa shape index (κ2) is 8.37. The average Bonchev–Trinajstić information content (AvgIpc) is 3.61. The molecular weight excluding hydrogens is 404 g/mol. The summed E-state index contributed by atoms with van der Waals surface area (Å²) < 4.78 is 5.54. The summed E-state index contributed by atoms with van der Waals surface area (Å²) in [6.07, 6.45) is 2.93. The van der Waals surface area contributed by atoms with E-state index in [0.29, 0.717) is 48.9 Å². The van der Waals surface area contributed by atoms with Gasteiger partial charge in [-0.15, -0.1) is 0 Å². The summed E-state index contributed by atoms with van der Waals surface area (Å²) in [6.45, 7) is 6.36. The lowest BCUT2D eigenvalue weighted by Crippen LogP contribution is -2.37. The van der Waals surface area contributed by atoms with Crippen molar-refractivity contribution >= 4 is 22.9 Å². The van der Waals surface area contributed by atoms with Crippen LogP contribution in [0.4, 0.5) is 0 Å². The molecule has 5 rings (SSSR count). The molecule has 1 aliphatic heterocycles. The second-order valence-corrected chi connectivity index (χ2v) is 9.08. The lowest BCUT2D eigenvalue weighted by Gasteiger charge is -2.23. The van der Waals surface area contributed by atoms with Crippen LogP contribution in [0, 0.1) is 0 Å². The third-order valence-electron chi connectivity index (χ3n) is 6.36. The Kier molecular flexibility index (Phi) is 5.41. The number of benzene rings is 1. The van der Waals surface area contributed by atoms with Crippen LogP contribution in [-0.2, 0) is 0 Å². The van der Waals surface area contributed by atoms with E-state index in [4.69, 9.17) is 4.52 Å². The minimum Gasteiger partial charge on any atom is -0.337 e. The number of rotatable bonds is 4. The van der Waals surface area contributed by atoms with E-state index >= 15 is 0 Å². The molecule has 0 spiro atoms. The van der Waals surface area contributed by atoms with Crippen LogP contribution in [0.2, 0.25) is 0 Å². The zero-order valence-corrected chi connectivity index (χ0v) is 18.6. The molecule has 1 aliphatic carbocycles. The van der Waals surface area contributed by atoms with Crippen LogP contribution in [0.15, 0.2) is 40.9 Å². The van der Waals surface area contributed by atoms with E-state index in [-0.39, 0.29) is 17.7 Å². The van der Waals surface area contributed by atoms with Gasteiger partial charge in [0, 0.05) is 43.4 Å². The molecule has 2 aliphatic rings. The molecule has 0 radical (unpaired) electrons. The van der Waals surface area contributed by atoms with Gasteiger partial charge in [-0.25, -0.2) is 4.98 Å². The van der Waals surface area contributed by atoms with Crippen molar-refractivity contribution in [2.75, 3.05) is 26.2 Å². The number of amides is 2. The van der Waals surface area contributed by atoms with Gasteiger partial charge in [0.25, 0.3) is 17.5 Å². The van der Waals surface area contributed by atoms with Crippen LogP contribution in [-0.4, -0.2) is 57.9 Å². The third-order valence-corrected chi connectivity index (χ3v) is 6.36. The Morgan fingerprint density at radius 2 is 1.69 bits per heavy atom. The van der Waals surface area contributed by atoms with Crippen molar-refractivity contribution in [3.05, 3.63) is 58.9 Å². The largest absolute Gasteiger partial charge is 0.337 e. The summed E-state index contributed by atoms with van der Waals surface area (Å²) in [6, 6.07) is 11.3. The summed E-state index contributed by atoms with van der Waals surface area (Å²) in [5.74, 6) is 0.517. The zero-order chi connectivity index (χ0) is 22.2. The highest BCUT2D eigenvalue weighted by Gasteiger charge is 2.31. The van der Waals surface area contributed by atoms with Crippen LogP contribution >= 0.6 is 0 Å². The van der Waals surface area contributed by atoms with Crippen molar-refractivity contribution in [3.63, 3.8) is 0 Å². The molecule has 0 atom stereocenters. The monoisotopic (exact) mass is 432 g/mol. The fraction of sp³-hybridized carbons (Fsp3) is 0.440. The average molecular weight is 433 g/mol. The van der Waals surface area contributed by atoms with Gasteiger partial charge in [-0.05, 0) is 43.4 Å². The van der Waals surface area contributed by atoms with Gasteiger partial charge in [-0.1, -0.05) is 37.2 Å². The van der Waals surface area contributed by atoms with Gasteiger partial charge in [0.05, 0.1) is 16.6 Å². The minimum atomic E-state index is -0.0292. The maximum absolute atomic E-state index is 13.7. The van der Waals surface area contributed by atoms with Gasteiger partial charge in [-0.3, -0.25) is 9.59 Å². The van der Waals surface area contributed by atoms with Crippen LogP contribution in [0.1, 0.15) is 77.0 Å². The van der Waals surface area contributed by atoms with Gasteiger partial charge in [0.1, 0.15) is 0 Å². The van der Waals surface area contributed by atoms with Crippen molar-refractivity contribution in [2.45, 2.75) is 44.9 Å². The van der Waals surface area contributed by atoms with E-state index in [9.17, 15) is 9.59 Å². The molecule has 3 aromatic rings. The molecule has 0 N–H and O–H groups in total. The Morgan fingerprint density at radius 3 is 2.34 bits per heavy atom. The first-order chi connectivity index (χ1) is 15.5. The van der Waals surface area contributed by atoms with Crippen molar-refractivity contribution in [3.8, 4) is 0 Å². The van der Waals surface area contributed by atoms with E-state index in [0.717, 1.165) is 36.0 Å². The van der Waals surface area contributed by atoms with Crippen molar-refractivity contribution in [2.24, 2.45) is 0 Å². The first-order valence-electron chi connectivity index (χ1n) is 11.5. The molecule has 7 heteroatoms. The van der Waals surface area contributed by atoms with Crippen molar-refractivity contribution in [1.29, 1.82) is 0 Å². The summed E-state index contributed by atoms with van der Waals surface area (Å²) >= 11 is 0. The van der Waals surface area contributed by atoms with Crippen LogP contribution in [0.3, 0.4) is 0 Å². The Labute approximate surface area is 187 Å². The number of hydrogen-bond acceptors (Lipinski definition) is 5. The molecule has 32 heavy (non-hydrogen) atoms. The highest BCUT2D eigenvalue weighted by atomic mass is 16.5. The molecule has 1 aromatic carbocycles. The van der Waals surface area contributed by atoms with Crippen molar-refractivity contribution < 1.29 is 14.1 Å². The maximum atomic E-state index is 13.7. The van der Waals surface area contributed by atoms with Crippen molar-refractivity contribution in [1.82, 2.24) is 19.9 Å². The van der Waals surface area contributed by atoms with Gasteiger partial charge in [0.15, 0.2) is 0 Å². The number of aromatic nitrogens is 2. The van der Waals surface area contributed by atoms with E-state index in [1.807, 2.05) is 60.0 Å². The van der Waals surface area contributed by atoms with Gasteiger partial charge >= 0.3 is 0 Å². The highest BCUT2D eigenvalue weighted by Crippen LogP contribution is 2.41. The fourth-order valence-electron chi connectivity index (χ4n) is 4.40. The van der Waals surface area contributed by atoms with Gasteiger partial charge in [-0.2, -0.15) is 0 Å². The first-order valence-corrected chi connectivity index (χ1v) is 11.5. The highest BCUT2D eigenvalue weighted by molar-refractivity contribution is 6.06. The smallest absolute Gasteiger partial charge is 0.259 e. The third kappa shape index (κ3) is 3.87. The summed E-state index contributed by atoms with van der Waals surface area (Å²) in [7, 11) is 0. The van der Waals surface area contributed by atoms with E-state index in [1.54, 1.807) is 0 Å². The molecule has 7 nitrogen and oxygen atoms in total. The van der Waals surface area contributed by atoms with E-state index < -0.39 is 0 Å². The summed E-state index contributed by atoms with van der Waals surface area (Å²) in [5.41, 5.74) is 3.46. The summed E-state index contributed by atoms with van der Waals surface area (Å²) in [4.78, 5) is 35.0. The predicted molar refractivity (Wildman–Crippen MR) is 121 cm³/mol. The normalized spacial score (nSPS) is 17.1. The minimum absolute atomic E-state index is 0.0170. The number of pyridine rings is 1. The van der Waals surface area contributed by atoms with Gasteiger partial charge in [0.2, 0.25) is 0 Å². The number of carbonyl (C=O) groups is 2. The summed E-state index contributed by atoms with van der Waals surface area (Å²) in [5, 5.41) is 4.96. The maximum Gasteiger partial charge on any atom is 0.259 e. The molecular formula is C25H28N4O3. The topological polar surface area (TPSA) is 79.5 Å². The lowest BCUT2D eigenvalue weighted by molar-refractivity contribution is 0.0719. The zero-order valence-electron chi connectivity index (χ0n) is 18.6. The molecule has 1 saturated carbocycles. The molecule has 2 amide bonds. The quantitative estimate of drug-likeness (QED) is 0.617. The van der Waals surface area contributed by atoms with Gasteiger partial charge < -0.3 is 14.3 Å². The SMILES string of the molecule is CC(C)c1noc2nc(C3CC3)cc(C(=O)N3CCCN(C(=O)c4ccccc4)CC3)c12. The van der Waals surface area contributed by atoms with E-state index in [1.165, 1.54) is 0 Å². The Morgan fingerprint density at radius 1 is 1.00 bits per heavy atom. The fourth-order valence-corrected chi connectivity index (χ4v) is 4.40.